The molecule has 5 aromatic carbocycles. The first-order valence-corrected chi connectivity index (χ1v) is 19.4. The van der Waals surface area contributed by atoms with Crippen LogP contribution in [0.1, 0.15) is 53.1 Å². The van der Waals surface area contributed by atoms with Gasteiger partial charge in [-0.05, 0) is 125 Å². The molecule has 1 unspecified atom stereocenters. The van der Waals surface area contributed by atoms with Crippen LogP contribution in [0, 0.1) is 40.5 Å². The van der Waals surface area contributed by atoms with Crippen LogP contribution in [0.2, 0.25) is 0 Å². The number of aryl methyl sites for hydroxylation is 4. The fourth-order valence-corrected chi connectivity index (χ4v) is 8.69. The van der Waals surface area contributed by atoms with Gasteiger partial charge in [0.15, 0.2) is 0 Å². The third kappa shape index (κ3) is 6.24. The predicted octanol–water partition coefficient (Wildman–Crippen LogP) is 13.8. The van der Waals surface area contributed by atoms with Crippen molar-refractivity contribution in [3.05, 3.63) is 155 Å². The molecule has 1 atom stereocenters. The van der Waals surface area contributed by atoms with Gasteiger partial charge >= 0.3 is 0 Å². The van der Waals surface area contributed by atoms with Crippen LogP contribution in [0.5, 0.6) is 0 Å². The molecular weight excluding hydrogens is 673 g/mol. The SMILES string of the molecule is C#C.Cc1cc2oc3c(C)c4oc5cc(C)c(N6c7ccccc7C/C=C\C/C=C\C6C)cc5c4c(C)c3c2cc1N1C/C=C\C/C=C\Cc2ccccc21. The van der Waals surface area contributed by atoms with E-state index in [2.05, 4.69) is 179 Å². The normalized spacial score (nSPS) is 18.3. The summed E-state index contributed by atoms with van der Waals surface area (Å²) in [5.41, 5.74) is 15.8. The van der Waals surface area contributed by atoms with E-state index in [1.54, 1.807) is 0 Å². The summed E-state index contributed by atoms with van der Waals surface area (Å²) in [5.74, 6) is 0. The van der Waals surface area contributed by atoms with Crippen molar-refractivity contribution >= 4 is 66.6 Å². The number of hydrogen-bond acceptors (Lipinski definition) is 4. The van der Waals surface area contributed by atoms with Crippen molar-refractivity contribution in [2.45, 2.75) is 66.3 Å². The standard InChI is InChI=1S/C49H46N2O2.C2H2/c1-31-27-44-38(29-42(31)50-26-18-10-6-7-12-20-36-22-14-16-24-40(36)50)46-34(4)47-39-30-43(32(2)28-45(39)53-49(47)35(5)48(46)52-44)51-33(3)19-11-8-9-13-21-37-23-15-17-25-41(37)51;1-2/h7,9-19,22-25,27-30,33H,6,8,20-21,26H2,1-5H3;1-2H/b12-7-,13-9-,18-10-,19-11-;. The molecule has 0 bridgehead atoms. The van der Waals surface area contributed by atoms with E-state index in [0.717, 1.165) is 81.7 Å². The van der Waals surface area contributed by atoms with Gasteiger partial charge < -0.3 is 18.6 Å². The van der Waals surface area contributed by atoms with E-state index in [9.17, 15) is 0 Å². The number of anilines is 4. The molecule has 4 heteroatoms. The Labute approximate surface area is 324 Å². The fraction of sp³-hybridized carbons (Fsp3) is 0.216. The van der Waals surface area contributed by atoms with Gasteiger partial charge in [0, 0.05) is 62.4 Å². The quantitative estimate of drug-likeness (QED) is 0.131. The minimum atomic E-state index is 0.166. The van der Waals surface area contributed by atoms with Crippen LogP contribution in [0.15, 0.2) is 130 Å². The molecule has 0 N–H and O–H groups in total. The van der Waals surface area contributed by atoms with Crippen LogP contribution in [0.3, 0.4) is 0 Å². The van der Waals surface area contributed by atoms with Gasteiger partial charge in [-0.2, -0.15) is 0 Å². The number of terminal acetylenes is 1. The average Bonchev–Trinajstić information content (AvgIpc) is 3.77. The van der Waals surface area contributed by atoms with Gasteiger partial charge in [0.2, 0.25) is 0 Å². The highest BCUT2D eigenvalue weighted by atomic mass is 16.3. The van der Waals surface area contributed by atoms with Gasteiger partial charge in [-0.25, -0.2) is 0 Å². The lowest BCUT2D eigenvalue weighted by molar-refractivity contribution is 0.650. The molecule has 0 saturated heterocycles. The highest BCUT2D eigenvalue weighted by Crippen LogP contribution is 2.46. The van der Waals surface area contributed by atoms with E-state index >= 15 is 0 Å². The van der Waals surface area contributed by atoms with Crippen LogP contribution in [-0.2, 0) is 12.8 Å². The van der Waals surface area contributed by atoms with Crippen molar-refractivity contribution in [1.29, 1.82) is 0 Å². The second kappa shape index (κ2) is 14.9. The molecule has 4 nitrogen and oxygen atoms in total. The van der Waals surface area contributed by atoms with Gasteiger partial charge in [-0.15, -0.1) is 12.8 Å². The molecule has 2 aliphatic heterocycles. The number of rotatable bonds is 2. The molecule has 0 aliphatic carbocycles. The summed E-state index contributed by atoms with van der Waals surface area (Å²) < 4.78 is 13.5. The number of nitrogens with zero attached hydrogens (tertiary/aromatic N) is 2. The first-order chi connectivity index (χ1) is 26.9. The molecule has 2 aromatic heterocycles. The van der Waals surface area contributed by atoms with E-state index in [4.69, 9.17) is 8.83 Å². The predicted molar refractivity (Wildman–Crippen MR) is 235 cm³/mol. The van der Waals surface area contributed by atoms with Crippen LogP contribution >= 0.6 is 0 Å². The molecule has 0 amide bonds. The average molecular weight is 721 g/mol. The zero-order valence-corrected chi connectivity index (χ0v) is 32.5. The van der Waals surface area contributed by atoms with Gasteiger partial charge in [0.05, 0.1) is 0 Å². The van der Waals surface area contributed by atoms with Gasteiger partial charge in [0.25, 0.3) is 0 Å². The van der Waals surface area contributed by atoms with Crippen molar-refractivity contribution in [3.63, 3.8) is 0 Å². The van der Waals surface area contributed by atoms with E-state index in [0.29, 0.717) is 0 Å². The van der Waals surface area contributed by atoms with Crippen LogP contribution in [0.4, 0.5) is 22.7 Å². The molecule has 274 valence electrons. The Morgan fingerprint density at radius 2 is 1.09 bits per heavy atom. The molecule has 4 heterocycles. The Bertz CT molecular complexity index is 2730. The minimum absolute atomic E-state index is 0.166. The summed E-state index contributed by atoms with van der Waals surface area (Å²) in [7, 11) is 0. The molecule has 0 saturated carbocycles. The summed E-state index contributed by atoms with van der Waals surface area (Å²) in [6.45, 7) is 11.9. The first kappa shape index (κ1) is 35.8. The molecule has 0 radical (unpaired) electrons. The fourth-order valence-electron chi connectivity index (χ4n) is 8.69. The molecule has 55 heavy (non-hydrogen) atoms. The lowest BCUT2D eigenvalue weighted by Gasteiger charge is -2.33. The molecular formula is C51H48N2O2. The zero-order valence-electron chi connectivity index (χ0n) is 32.5. The summed E-state index contributed by atoms with van der Waals surface area (Å²) in [6.07, 6.45) is 30.0. The summed E-state index contributed by atoms with van der Waals surface area (Å²) in [4.78, 5) is 4.98. The minimum Gasteiger partial charge on any atom is -0.456 e. The lowest BCUT2D eigenvalue weighted by Crippen LogP contribution is -2.28. The van der Waals surface area contributed by atoms with E-state index < -0.39 is 0 Å². The van der Waals surface area contributed by atoms with Gasteiger partial charge in [-0.3, -0.25) is 0 Å². The Morgan fingerprint density at radius 1 is 0.564 bits per heavy atom. The molecule has 2 aliphatic rings. The van der Waals surface area contributed by atoms with E-state index in [1.807, 2.05) is 0 Å². The maximum atomic E-state index is 6.78. The van der Waals surface area contributed by atoms with Crippen LogP contribution in [-0.4, -0.2) is 12.6 Å². The molecule has 0 spiro atoms. The van der Waals surface area contributed by atoms with Crippen molar-refractivity contribution in [3.8, 4) is 12.8 Å². The van der Waals surface area contributed by atoms with Gasteiger partial charge in [0.1, 0.15) is 22.3 Å². The highest BCUT2D eigenvalue weighted by Gasteiger charge is 2.26. The summed E-state index contributed by atoms with van der Waals surface area (Å²) in [6, 6.07) is 27.0. The summed E-state index contributed by atoms with van der Waals surface area (Å²) in [5, 5.41) is 4.60. The Morgan fingerprint density at radius 3 is 1.75 bits per heavy atom. The smallest absolute Gasteiger partial charge is 0.142 e. The van der Waals surface area contributed by atoms with Crippen molar-refractivity contribution in [2.24, 2.45) is 0 Å². The molecule has 7 aromatic rings. The Hall–Kier alpha value is -6.18. The third-order valence-electron chi connectivity index (χ3n) is 11.4. The molecule has 9 rings (SSSR count). The molecule has 0 fully saturated rings. The third-order valence-corrected chi connectivity index (χ3v) is 11.4. The second-order valence-electron chi connectivity index (χ2n) is 14.8. The number of furan rings is 2. The largest absolute Gasteiger partial charge is 0.456 e. The Kier molecular flexibility index (Phi) is 9.72. The zero-order chi connectivity index (χ0) is 38.2. The number of para-hydroxylation sites is 2. The topological polar surface area (TPSA) is 32.8 Å². The number of hydrogen-bond donors (Lipinski definition) is 0. The maximum absolute atomic E-state index is 6.78. The Balaban J connectivity index is 0.00000210. The number of benzene rings is 5. The first-order valence-electron chi connectivity index (χ1n) is 19.4. The van der Waals surface area contributed by atoms with Crippen molar-refractivity contribution in [2.75, 3.05) is 16.3 Å². The van der Waals surface area contributed by atoms with Crippen molar-refractivity contribution < 1.29 is 8.83 Å². The second-order valence-corrected chi connectivity index (χ2v) is 14.8. The van der Waals surface area contributed by atoms with Crippen LogP contribution < -0.4 is 9.80 Å². The summed E-state index contributed by atoms with van der Waals surface area (Å²) >= 11 is 0. The van der Waals surface area contributed by atoms with E-state index in [1.165, 1.54) is 50.6 Å². The van der Waals surface area contributed by atoms with E-state index in [-0.39, 0.29) is 6.04 Å². The highest BCUT2D eigenvalue weighted by molar-refractivity contribution is 6.20. The number of fused-ring (bicyclic) bond motifs is 8. The van der Waals surface area contributed by atoms with Crippen LogP contribution in [0.25, 0.3) is 43.9 Å². The maximum Gasteiger partial charge on any atom is 0.142 e. The monoisotopic (exact) mass is 720 g/mol. The van der Waals surface area contributed by atoms with Crippen molar-refractivity contribution in [1.82, 2.24) is 0 Å². The lowest BCUT2D eigenvalue weighted by atomic mass is 9.96. The number of allylic oxidation sites excluding steroid dienone is 6. The van der Waals surface area contributed by atoms with Gasteiger partial charge in [-0.1, -0.05) is 85.0 Å².